The van der Waals surface area contributed by atoms with Crippen molar-refractivity contribution in [1.82, 2.24) is 10.2 Å². The van der Waals surface area contributed by atoms with Gasteiger partial charge in [0.05, 0.1) is 17.6 Å². The number of nitrogens with one attached hydrogen (secondary N) is 1. The lowest BCUT2D eigenvalue weighted by atomic mass is 10.0. The minimum Gasteiger partial charge on any atom is -0.503 e. The van der Waals surface area contributed by atoms with Crippen molar-refractivity contribution in [2.45, 2.75) is 6.04 Å². The monoisotopic (exact) mass is 410 g/mol. The number of piperazine rings is 1. The van der Waals surface area contributed by atoms with Gasteiger partial charge in [-0.2, -0.15) is 0 Å². The van der Waals surface area contributed by atoms with Crippen LogP contribution in [0, 0.1) is 0 Å². The van der Waals surface area contributed by atoms with Gasteiger partial charge in [-0.15, -0.1) is 0 Å². The molecule has 4 nitrogen and oxygen atoms in total. The van der Waals surface area contributed by atoms with Crippen molar-refractivity contribution >= 4 is 31.9 Å². The van der Waals surface area contributed by atoms with E-state index in [2.05, 4.69) is 42.1 Å². The van der Waals surface area contributed by atoms with Crippen LogP contribution in [0.5, 0.6) is 11.5 Å². The molecule has 1 saturated heterocycles. The minimum absolute atomic E-state index is 0.0149. The molecule has 1 fully saturated rings. The van der Waals surface area contributed by atoms with E-state index in [4.69, 9.17) is 4.74 Å². The lowest BCUT2D eigenvalue weighted by Gasteiger charge is -2.34. The van der Waals surface area contributed by atoms with Crippen molar-refractivity contribution in [3.63, 3.8) is 0 Å². The van der Waals surface area contributed by atoms with Gasteiger partial charge < -0.3 is 15.2 Å². The first-order valence-electron chi connectivity index (χ1n) is 6.35. The number of phenols is 1. The van der Waals surface area contributed by atoms with Crippen molar-refractivity contribution in [2.24, 2.45) is 0 Å². The quantitative estimate of drug-likeness (QED) is 0.799. The highest BCUT2D eigenvalue weighted by molar-refractivity contribution is 9.13. The summed E-state index contributed by atoms with van der Waals surface area (Å²) < 4.78 is 19.9. The molecule has 1 aromatic rings. The van der Waals surface area contributed by atoms with Crippen molar-refractivity contribution < 1.29 is 14.2 Å². The molecule has 20 heavy (non-hydrogen) atoms. The Bertz CT molecular complexity index is 482. The molecule has 0 unspecified atom stereocenters. The van der Waals surface area contributed by atoms with Gasteiger partial charge in [-0.3, -0.25) is 4.90 Å². The zero-order valence-corrected chi connectivity index (χ0v) is 14.3. The average molecular weight is 412 g/mol. The van der Waals surface area contributed by atoms with Crippen LogP contribution in [-0.2, 0) is 0 Å². The summed E-state index contributed by atoms with van der Waals surface area (Å²) in [6, 6.07) is 1.34. The van der Waals surface area contributed by atoms with Crippen LogP contribution < -0.4 is 10.1 Å². The number of rotatable bonds is 4. The zero-order chi connectivity index (χ0) is 14.7. The van der Waals surface area contributed by atoms with E-state index in [-0.39, 0.29) is 11.8 Å². The summed E-state index contributed by atoms with van der Waals surface area (Å²) in [6.07, 6.45) is 0. The molecular formula is C13H17Br2FN2O2. The van der Waals surface area contributed by atoms with E-state index in [9.17, 15) is 9.50 Å². The second-order valence-electron chi connectivity index (χ2n) is 4.60. The van der Waals surface area contributed by atoms with Gasteiger partial charge >= 0.3 is 0 Å². The lowest BCUT2D eigenvalue weighted by Crippen LogP contribution is -2.45. The summed E-state index contributed by atoms with van der Waals surface area (Å²) in [4.78, 5) is 2.10. The van der Waals surface area contributed by atoms with E-state index < -0.39 is 6.67 Å². The van der Waals surface area contributed by atoms with E-state index in [1.54, 1.807) is 6.07 Å². The summed E-state index contributed by atoms with van der Waals surface area (Å²) in [5.74, 6) is 0.352. The van der Waals surface area contributed by atoms with Crippen molar-refractivity contribution in [3.05, 3.63) is 20.6 Å². The van der Waals surface area contributed by atoms with Crippen LogP contribution in [0.25, 0.3) is 0 Å². The molecule has 0 saturated carbocycles. The molecule has 0 radical (unpaired) electrons. The first-order valence-corrected chi connectivity index (χ1v) is 7.94. The largest absolute Gasteiger partial charge is 0.503 e. The van der Waals surface area contributed by atoms with Crippen molar-refractivity contribution in [1.29, 1.82) is 0 Å². The minimum atomic E-state index is -0.487. The highest BCUT2D eigenvalue weighted by Gasteiger charge is 2.27. The second kappa shape index (κ2) is 7.06. The molecule has 1 aliphatic rings. The molecule has 7 heteroatoms. The average Bonchev–Trinajstić information content (AvgIpc) is 2.49. The number of benzene rings is 1. The molecule has 2 rings (SSSR count). The molecule has 0 aromatic heterocycles. The molecule has 0 aliphatic carbocycles. The van der Waals surface area contributed by atoms with Crippen molar-refractivity contribution in [3.8, 4) is 11.5 Å². The number of halogens is 3. The van der Waals surface area contributed by atoms with E-state index in [1.165, 1.54) is 7.11 Å². The normalized spacial score (nSPS) is 18.0. The van der Waals surface area contributed by atoms with Gasteiger partial charge in [0.2, 0.25) is 0 Å². The van der Waals surface area contributed by atoms with Crippen LogP contribution in [0.4, 0.5) is 4.39 Å². The smallest absolute Gasteiger partial charge is 0.173 e. The van der Waals surface area contributed by atoms with Gasteiger partial charge in [0.15, 0.2) is 11.5 Å². The Hall–Kier alpha value is -0.370. The van der Waals surface area contributed by atoms with Gasteiger partial charge in [-0.25, -0.2) is 4.39 Å². The Morgan fingerprint density at radius 2 is 2.05 bits per heavy atom. The zero-order valence-electron chi connectivity index (χ0n) is 11.1. The summed E-state index contributed by atoms with van der Waals surface area (Å²) in [5, 5.41) is 13.2. The maximum Gasteiger partial charge on any atom is 0.173 e. The van der Waals surface area contributed by atoms with Crippen LogP contribution in [0.2, 0.25) is 0 Å². The Morgan fingerprint density at radius 3 is 2.60 bits per heavy atom. The Morgan fingerprint density at radius 1 is 1.40 bits per heavy atom. The summed E-state index contributed by atoms with van der Waals surface area (Å²) in [7, 11) is 1.48. The molecule has 1 aliphatic heterocycles. The summed E-state index contributed by atoms with van der Waals surface area (Å²) >= 11 is 6.74. The molecule has 1 aromatic carbocycles. The summed E-state index contributed by atoms with van der Waals surface area (Å²) in [5.41, 5.74) is 0.774. The van der Waals surface area contributed by atoms with Crippen LogP contribution in [0.15, 0.2) is 15.0 Å². The van der Waals surface area contributed by atoms with Crippen LogP contribution in [0.1, 0.15) is 11.6 Å². The molecular weight excluding hydrogens is 395 g/mol. The number of hydrogen-bond donors (Lipinski definition) is 2. The standard InChI is InChI=1S/C13H17Br2FN2O2/c1-20-10-6-8(11(14)12(15)13(10)19)9(7-16)18-4-2-17-3-5-18/h6,9,17,19H,2-5,7H2,1H3/t9-/m0/s1. The topological polar surface area (TPSA) is 44.7 Å². The Balaban J connectivity index is 2.40. The predicted octanol–water partition coefficient (Wildman–Crippen LogP) is 2.84. The van der Waals surface area contributed by atoms with Crippen LogP contribution in [0.3, 0.4) is 0 Å². The van der Waals surface area contributed by atoms with E-state index >= 15 is 0 Å². The second-order valence-corrected chi connectivity index (χ2v) is 6.19. The molecule has 0 spiro atoms. The van der Waals surface area contributed by atoms with E-state index in [0.717, 1.165) is 31.7 Å². The first-order chi connectivity index (χ1) is 9.60. The van der Waals surface area contributed by atoms with Gasteiger partial charge in [-0.05, 0) is 43.5 Å². The van der Waals surface area contributed by atoms with Gasteiger partial charge in [0.25, 0.3) is 0 Å². The molecule has 2 N–H and O–H groups in total. The third kappa shape index (κ3) is 3.10. The van der Waals surface area contributed by atoms with E-state index in [0.29, 0.717) is 14.7 Å². The number of aromatic hydroxyl groups is 1. The fraction of sp³-hybridized carbons (Fsp3) is 0.538. The fourth-order valence-electron chi connectivity index (χ4n) is 2.38. The maximum atomic E-state index is 13.6. The number of hydrogen-bond acceptors (Lipinski definition) is 4. The molecule has 0 bridgehead atoms. The highest BCUT2D eigenvalue weighted by Crippen LogP contribution is 2.44. The highest BCUT2D eigenvalue weighted by atomic mass is 79.9. The third-order valence-corrected chi connectivity index (χ3v) is 5.65. The van der Waals surface area contributed by atoms with Crippen LogP contribution in [-0.4, -0.2) is 50.0 Å². The fourth-order valence-corrected chi connectivity index (χ4v) is 3.37. The predicted molar refractivity (Wildman–Crippen MR) is 83.2 cm³/mol. The molecule has 1 heterocycles. The molecule has 1 atom stereocenters. The Labute approximate surface area is 134 Å². The lowest BCUT2D eigenvalue weighted by molar-refractivity contribution is 0.146. The number of nitrogens with zero attached hydrogens (tertiary/aromatic N) is 1. The molecule has 0 amide bonds. The SMILES string of the molecule is COc1cc([C@H](CF)N2CCNCC2)c(Br)c(Br)c1O. The van der Waals surface area contributed by atoms with Gasteiger partial charge in [0.1, 0.15) is 6.67 Å². The van der Waals surface area contributed by atoms with Crippen LogP contribution >= 0.6 is 31.9 Å². The van der Waals surface area contributed by atoms with Gasteiger partial charge in [0, 0.05) is 30.7 Å². The van der Waals surface area contributed by atoms with E-state index in [1.807, 2.05) is 0 Å². The number of alkyl halides is 1. The van der Waals surface area contributed by atoms with Gasteiger partial charge in [-0.1, -0.05) is 0 Å². The maximum absolute atomic E-state index is 13.6. The van der Waals surface area contributed by atoms with Crippen molar-refractivity contribution in [2.75, 3.05) is 40.0 Å². The third-order valence-electron chi connectivity index (χ3n) is 3.49. The first kappa shape index (κ1) is 16.0. The number of methoxy groups -OCH3 is 1. The Kier molecular flexibility index (Phi) is 5.65. The number of ether oxygens (including phenoxy) is 1. The molecule has 112 valence electrons. The summed E-state index contributed by atoms with van der Waals surface area (Å²) in [6.45, 7) is 2.80. The number of phenolic OH excluding ortho intramolecular Hbond substituents is 1.